The molecule has 2 aliphatic rings. The summed E-state index contributed by atoms with van der Waals surface area (Å²) in [5.41, 5.74) is 3.11. The van der Waals surface area contributed by atoms with E-state index in [2.05, 4.69) is 11.4 Å². The summed E-state index contributed by atoms with van der Waals surface area (Å²) in [4.78, 5) is 27.7. The number of amides is 1. The molecule has 0 saturated carbocycles. The molecule has 34 heavy (non-hydrogen) atoms. The van der Waals surface area contributed by atoms with Gasteiger partial charge in [0.25, 0.3) is 5.91 Å². The molecule has 0 spiro atoms. The Balaban J connectivity index is 1.49. The lowest BCUT2D eigenvalue weighted by Crippen LogP contribution is -2.34. The van der Waals surface area contributed by atoms with Crippen molar-refractivity contribution < 1.29 is 22.7 Å². The second kappa shape index (κ2) is 10.1. The van der Waals surface area contributed by atoms with Crippen molar-refractivity contribution in [3.8, 4) is 0 Å². The van der Waals surface area contributed by atoms with E-state index in [0.717, 1.165) is 55.1 Å². The van der Waals surface area contributed by atoms with E-state index < -0.39 is 22.6 Å². The summed E-state index contributed by atoms with van der Waals surface area (Å²) in [5, 5.41) is 2.97. The Kier molecular flexibility index (Phi) is 7.23. The van der Waals surface area contributed by atoms with Gasteiger partial charge in [-0.1, -0.05) is 24.3 Å². The first-order chi connectivity index (χ1) is 16.3. The van der Waals surface area contributed by atoms with Crippen LogP contribution in [0.25, 0.3) is 0 Å². The fourth-order valence-corrected chi connectivity index (χ4v) is 5.56. The number of fused-ring (bicyclic) bond motifs is 1. The lowest BCUT2D eigenvalue weighted by Gasteiger charge is -2.26. The zero-order valence-electron chi connectivity index (χ0n) is 19.6. The number of benzene rings is 2. The summed E-state index contributed by atoms with van der Waals surface area (Å²) in [6, 6.07) is 12.4. The Bertz CT molecular complexity index is 1170. The summed E-state index contributed by atoms with van der Waals surface area (Å²) in [5.74, 6) is -1.09. The number of hydrogen-bond acceptors (Lipinski definition) is 6. The van der Waals surface area contributed by atoms with Crippen LogP contribution in [0.5, 0.6) is 0 Å². The molecule has 1 fully saturated rings. The maximum atomic E-state index is 13.0. The predicted octanol–water partition coefficient (Wildman–Crippen LogP) is 2.89. The highest BCUT2D eigenvalue weighted by Gasteiger charge is 2.26. The second-order valence-corrected chi connectivity index (χ2v) is 11.1. The minimum atomic E-state index is -3.72. The maximum absolute atomic E-state index is 13.0. The Morgan fingerprint density at radius 2 is 1.82 bits per heavy atom. The van der Waals surface area contributed by atoms with Gasteiger partial charge >= 0.3 is 5.97 Å². The SMILES string of the molecule is CN(C)S(=O)(=O)c1ccc(N2CCCC2)c(C(=O)OCC(=O)N[C@H]2CCCc3ccccc32)c1. The van der Waals surface area contributed by atoms with E-state index in [1.807, 2.05) is 23.1 Å². The van der Waals surface area contributed by atoms with Gasteiger partial charge in [0.2, 0.25) is 10.0 Å². The molecule has 4 rings (SSSR count). The number of nitrogens with zero attached hydrogens (tertiary/aromatic N) is 2. The molecule has 0 bridgehead atoms. The topological polar surface area (TPSA) is 96.0 Å². The van der Waals surface area contributed by atoms with Gasteiger partial charge in [-0.2, -0.15) is 0 Å². The fraction of sp³-hybridized carbons (Fsp3) is 0.440. The molecule has 1 aliphatic carbocycles. The van der Waals surface area contributed by atoms with Crippen molar-refractivity contribution >= 4 is 27.6 Å². The largest absolute Gasteiger partial charge is 0.452 e. The van der Waals surface area contributed by atoms with Crippen LogP contribution in [0.1, 0.15) is 53.2 Å². The third kappa shape index (κ3) is 5.10. The number of aryl methyl sites for hydroxylation is 1. The second-order valence-electron chi connectivity index (χ2n) is 8.95. The summed E-state index contributed by atoms with van der Waals surface area (Å²) >= 11 is 0. The van der Waals surface area contributed by atoms with Crippen LogP contribution >= 0.6 is 0 Å². The number of esters is 1. The van der Waals surface area contributed by atoms with Crippen LogP contribution in [0.15, 0.2) is 47.4 Å². The van der Waals surface area contributed by atoms with E-state index in [0.29, 0.717) is 5.69 Å². The minimum absolute atomic E-state index is 0.00987. The highest BCUT2D eigenvalue weighted by Crippen LogP contribution is 2.30. The van der Waals surface area contributed by atoms with E-state index in [9.17, 15) is 18.0 Å². The monoisotopic (exact) mass is 485 g/mol. The van der Waals surface area contributed by atoms with E-state index in [1.165, 1.54) is 31.8 Å². The number of anilines is 1. The zero-order chi connectivity index (χ0) is 24.3. The van der Waals surface area contributed by atoms with Gasteiger partial charge in [-0.05, 0) is 61.4 Å². The number of hydrogen-bond donors (Lipinski definition) is 1. The quantitative estimate of drug-likeness (QED) is 0.606. The first kappa shape index (κ1) is 24.2. The average molecular weight is 486 g/mol. The Hall–Kier alpha value is -2.91. The molecule has 1 saturated heterocycles. The van der Waals surface area contributed by atoms with Crippen molar-refractivity contribution in [2.24, 2.45) is 0 Å². The molecular weight excluding hydrogens is 454 g/mol. The minimum Gasteiger partial charge on any atom is -0.452 e. The molecule has 2 aromatic carbocycles. The van der Waals surface area contributed by atoms with Crippen molar-refractivity contribution in [2.45, 2.75) is 43.0 Å². The number of nitrogens with one attached hydrogen (secondary N) is 1. The van der Waals surface area contributed by atoms with Crippen molar-refractivity contribution in [1.29, 1.82) is 0 Å². The molecule has 0 radical (unpaired) electrons. The van der Waals surface area contributed by atoms with Crippen LogP contribution in [0.3, 0.4) is 0 Å². The van der Waals surface area contributed by atoms with Gasteiger partial charge in [0.1, 0.15) is 0 Å². The van der Waals surface area contributed by atoms with Crippen LogP contribution in [0.2, 0.25) is 0 Å². The molecule has 1 amide bonds. The molecule has 0 unspecified atom stereocenters. The summed E-state index contributed by atoms with van der Waals surface area (Å²) < 4.78 is 31.7. The van der Waals surface area contributed by atoms with Crippen molar-refractivity contribution in [2.75, 3.05) is 38.7 Å². The van der Waals surface area contributed by atoms with Crippen LogP contribution < -0.4 is 10.2 Å². The van der Waals surface area contributed by atoms with Gasteiger partial charge in [0, 0.05) is 27.2 Å². The Labute approximate surface area is 200 Å². The third-order valence-corrected chi connectivity index (χ3v) is 8.26. The fourth-order valence-electron chi connectivity index (χ4n) is 4.63. The van der Waals surface area contributed by atoms with Crippen LogP contribution in [-0.2, 0) is 26.0 Å². The Morgan fingerprint density at radius 1 is 1.09 bits per heavy atom. The zero-order valence-corrected chi connectivity index (χ0v) is 20.4. The standard InChI is InChI=1S/C25H31N3O5S/c1-27(2)34(31,32)19-12-13-23(28-14-5-6-15-28)21(16-19)25(30)33-17-24(29)26-22-11-7-9-18-8-3-4-10-20(18)22/h3-4,8,10,12-13,16,22H,5-7,9,11,14-15,17H2,1-2H3,(H,26,29)/t22-/m0/s1. The molecule has 1 aliphatic heterocycles. The van der Waals surface area contributed by atoms with Gasteiger partial charge in [-0.15, -0.1) is 0 Å². The summed E-state index contributed by atoms with van der Waals surface area (Å²) in [7, 11) is -0.844. The third-order valence-electron chi connectivity index (χ3n) is 6.45. The van der Waals surface area contributed by atoms with Gasteiger partial charge in [0.15, 0.2) is 6.61 Å². The van der Waals surface area contributed by atoms with Crippen molar-refractivity contribution in [3.05, 3.63) is 59.2 Å². The van der Waals surface area contributed by atoms with Gasteiger partial charge in [0.05, 0.1) is 22.2 Å². The normalized spacial score (nSPS) is 18.0. The number of sulfonamides is 1. The average Bonchev–Trinajstić information content (AvgIpc) is 3.37. The molecule has 1 atom stereocenters. The lowest BCUT2D eigenvalue weighted by atomic mass is 9.88. The smallest absolute Gasteiger partial charge is 0.340 e. The van der Waals surface area contributed by atoms with Crippen LogP contribution in [0, 0.1) is 0 Å². The summed E-state index contributed by atoms with van der Waals surface area (Å²) in [6.07, 6.45) is 4.80. The highest BCUT2D eigenvalue weighted by molar-refractivity contribution is 7.89. The molecule has 1 heterocycles. The predicted molar refractivity (Wildman–Crippen MR) is 129 cm³/mol. The molecule has 9 heteroatoms. The van der Waals surface area contributed by atoms with Crippen LogP contribution in [0.4, 0.5) is 5.69 Å². The van der Waals surface area contributed by atoms with Gasteiger partial charge in [-0.25, -0.2) is 17.5 Å². The van der Waals surface area contributed by atoms with Gasteiger partial charge in [-0.3, -0.25) is 4.79 Å². The van der Waals surface area contributed by atoms with Crippen molar-refractivity contribution in [3.63, 3.8) is 0 Å². The number of carbonyl (C=O) groups is 2. The molecule has 182 valence electrons. The Morgan fingerprint density at radius 3 is 2.56 bits per heavy atom. The number of carbonyl (C=O) groups excluding carboxylic acids is 2. The number of ether oxygens (including phenoxy) is 1. The molecule has 0 aromatic heterocycles. The molecule has 1 N–H and O–H groups in total. The van der Waals surface area contributed by atoms with Crippen LogP contribution in [-0.4, -0.2) is 58.4 Å². The van der Waals surface area contributed by atoms with E-state index >= 15 is 0 Å². The lowest BCUT2D eigenvalue weighted by molar-refractivity contribution is -0.125. The van der Waals surface area contributed by atoms with Gasteiger partial charge < -0.3 is 15.0 Å². The first-order valence-corrected chi connectivity index (χ1v) is 13.1. The number of rotatable bonds is 7. The molecular formula is C25H31N3O5S. The summed E-state index contributed by atoms with van der Waals surface area (Å²) in [6.45, 7) is 1.13. The van der Waals surface area contributed by atoms with E-state index in [1.54, 1.807) is 6.07 Å². The van der Waals surface area contributed by atoms with Crippen molar-refractivity contribution in [1.82, 2.24) is 9.62 Å². The molecule has 8 nitrogen and oxygen atoms in total. The highest BCUT2D eigenvalue weighted by atomic mass is 32.2. The first-order valence-electron chi connectivity index (χ1n) is 11.6. The van der Waals surface area contributed by atoms with E-state index in [4.69, 9.17) is 4.74 Å². The maximum Gasteiger partial charge on any atom is 0.340 e. The van der Waals surface area contributed by atoms with E-state index in [-0.39, 0.29) is 22.4 Å². The molecule has 2 aromatic rings.